The third-order valence-corrected chi connectivity index (χ3v) is 6.13. The summed E-state index contributed by atoms with van der Waals surface area (Å²) in [6.07, 6.45) is 0.833. The number of nitrogens with zero attached hydrogens (tertiary/aromatic N) is 1. The van der Waals surface area contributed by atoms with Gasteiger partial charge in [-0.3, -0.25) is 9.35 Å². The molecule has 0 spiro atoms. The zero-order chi connectivity index (χ0) is 21.7. The van der Waals surface area contributed by atoms with Crippen LogP contribution in [0.3, 0.4) is 0 Å². The molecular weight excluding hydrogens is 410 g/mol. The molecule has 1 saturated heterocycles. The maximum absolute atomic E-state index is 12.6. The second kappa shape index (κ2) is 7.05. The van der Waals surface area contributed by atoms with Crippen molar-refractivity contribution in [2.75, 3.05) is 6.54 Å². The lowest BCUT2D eigenvalue weighted by molar-refractivity contribution is -0.277. The number of carbonyl (C=O) groups is 1. The Morgan fingerprint density at radius 2 is 1.83 bits per heavy atom. The summed E-state index contributed by atoms with van der Waals surface area (Å²) in [5.41, 5.74) is 0.494. The Bertz CT molecular complexity index is 1080. The Hall–Kier alpha value is -2.46. The molecule has 0 radical (unpaired) electrons. The van der Waals surface area contributed by atoms with E-state index >= 15 is 0 Å². The molecule has 30 heavy (non-hydrogen) atoms. The van der Waals surface area contributed by atoms with Gasteiger partial charge in [0.15, 0.2) is 5.60 Å². The van der Waals surface area contributed by atoms with E-state index in [2.05, 4.69) is 0 Å². The van der Waals surface area contributed by atoms with E-state index in [1.807, 2.05) is 36.4 Å². The molecule has 0 bridgehead atoms. The lowest BCUT2D eigenvalue weighted by Crippen LogP contribution is -2.65. The molecule has 2 heterocycles. The third kappa shape index (κ3) is 3.47. The SMILES string of the molecule is CC1(C)Oc2ccc(-c3ccccc3)cc2C(N2CCCC2=O)C1(O)OS(=O)(=O)O. The summed E-state index contributed by atoms with van der Waals surface area (Å²) in [5, 5.41) is 11.5. The molecule has 2 unspecified atom stereocenters. The molecule has 2 N–H and O–H groups in total. The average molecular weight is 433 g/mol. The van der Waals surface area contributed by atoms with E-state index in [9.17, 15) is 22.9 Å². The van der Waals surface area contributed by atoms with Gasteiger partial charge < -0.3 is 14.7 Å². The van der Waals surface area contributed by atoms with Crippen molar-refractivity contribution in [1.82, 2.24) is 4.90 Å². The number of likely N-dealkylation sites (tertiary alicyclic amines) is 1. The van der Waals surface area contributed by atoms with Crippen LogP contribution >= 0.6 is 0 Å². The minimum absolute atomic E-state index is 0.244. The molecular formula is C21H23NO7S. The summed E-state index contributed by atoms with van der Waals surface area (Å²) >= 11 is 0. The Labute approximate surface area is 175 Å². The Kier molecular flexibility index (Phi) is 4.89. The first-order chi connectivity index (χ1) is 14.0. The summed E-state index contributed by atoms with van der Waals surface area (Å²) in [7, 11) is -5.07. The first-order valence-electron chi connectivity index (χ1n) is 9.60. The molecule has 9 heteroatoms. The van der Waals surface area contributed by atoms with Crippen LogP contribution in [0.1, 0.15) is 38.3 Å². The number of aliphatic hydroxyl groups is 1. The van der Waals surface area contributed by atoms with Crippen molar-refractivity contribution < 1.29 is 31.8 Å². The molecule has 4 rings (SSSR count). The van der Waals surface area contributed by atoms with Gasteiger partial charge in [-0.1, -0.05) is 36.4 Å². The Morgan fingerprint density at radius 3 is 2.43 bits per heavy atom. The number of hydrogen-bond acceptors (Lipinski definition) is 6. The maximum Gasteiger partial charge on any atom is 0.400 e. The third-order valence-electron chi connectivity index (χ3n) is 5.66. The van der Waals surface area contributed by atoms with Crippen LogP contribution in [0.4, 0.5) is 0 Å². The highest BCUT2D eigenvalue weighted by Crippen LogP contribution is 2.52. The van der Waals surface area contributed by atoms with Gasteiger partial charge in [0.25, 0.3) is 0 Å². The summed E-state index contributed by atoms with van der Waals surface area (Å²) < 4.78 is 43.4. The molecule has 0 aliphatic carbocycles. The van der Waals surface area contributed by atoms with E-state index in [1.54, 1.807) is 12.1 Å². The second-order valence-corrected chi connectivity index (χ2v) is 9.05. The van der Waals surface area contributed by atoms with Gasteiger partial charge in [0, 0.05) is 18.5 Å². The lowest BCUT2D eigenvalue weighted by atomic mass is 9.81. The number of amides is 1. The van der Waals surface area contributed by atoms with Crippen LogP contribution in [-0.2, 0) is 19.4 Å². The van der Waals surface area contributed by atoms with Crippen molar-refractivity contribution in [3.8, 4) is 16.9 Å². The summed E-state index contributed by atoms with van der Waals surface area (Å²) in [5.74, 6) is -2.40. The summed E-state index contributed by atoms with van der Waals surface area (Å²) in [4.78, 5) is 14.0. The van der Waals surface area contributed by atoms with Gasteiger partial charge in [-0.15, -0.1) is 0 Å². The molecule has 2 aromatic carbocycles. The van der Waals surface area contributed by atoms with E-state index in [1.165, 1.54) is 18.7 Å². The topological polar surface area (TPSA) is 113 Å². The predicted octanol–water partition coefficient (Wildman–Crippen LogP) is 2.70. The van der Waals surface area contributed by atoms with Crippen molar-refractivity contribution in [2.24, 2.45) is 0 Å². The lowest BCUT2D eigenvalue weighted by Gasteiger charge is -2.51. The van der Waals surface area contributed by atoms with Gasteiger partial charge in [-0.25, -0.2) is 4.18 Å². The number of benzene rings is 2. The highest BCUT2D eigenvalue weighted by molar-refractivity contribution is 7.80. The van der Waals surface area contributed by atoms with Crippen molar-refractivity contribution >= 4 is 16.3 Å². The molecule has 2 aliphatic heterocycles. The van der Waals surface area contributed by atoms with E-state index in [4.69, 9.17) is 8.92 Å². The van der Waals surface area contributed by atoms with Gasteiger partial charge in [0.2, 0.25) is 11.7 Å². The fourth-order valence-corrected chi connectivity index (χ4v) is 4.79. The van der Waals surface area contributed by atoms with Gasteiger partial charge in [-0.2, -0.15) is 8.42 Å². The van der Waals surface area contributed by atoms with Gasteiger partial charge >= 0.3 is 10.4 Å². The zero-order valence-electron chi connectivity index (χ0n) is 16.6. The van der Waals surface area contributed by atoms with Crippen LogP contribution in [0, 0.1) is 0 Å². The number of hydrogen-bond donors (Lipinski definition) is 2. The monoisotopic (exact) mass is 433 g/mol. The van der Waals surface area contributed by atoms with E-state index in [-0.39, 0.29) is 12.3 Å². The minimum Gasteiger partial charge on any atom is -0.482 e. The molecule has 8 nitrogen and oxygen atoms in total. The van der Waals surface area contributed by atoms with Crippen LogP contribution in [0.15, 0.2) is 48.5 Å². The highest BCUT2D eigenvalue weighted by atomic mass is 32.3. The molecule has 2 atom stereocenters. The summed E-state index contributed by atoms with van der Waals surface area (Å²) in [6.45, 7) is 3.20. The standard InChI is InChI=1S/C21H23NO7S/c1-20(2)21(24,29-30(25,26)27)19(22-12-6-9-18(22)23)16-13-15(10-11-17(16)28-20)14-7-4-3-5-8-14/h3-5,7-8,10-11,13,19,24H,6,9,12H2,1-2H3,(H,25,26,27). The molecule has 0 aromatic heterocycles. The first kappa shape index (κ1) is 20.8. The van der Waals surface area contributed by atoms with Crippen LogP contribution in [0.5, 0.6) is 5.75 Å². The maximum atomic E-state index is 12.6. The summed E-state index contributed by atoms with van der Waals surface area (Å²) in [6, 6.07) is 13.6. The van der Waals surface area contributed by atoms with Crippen molar-refractivity contribution in [2.45, 2.75) is 44.1 Å². The first-order valence-corrected chi connectivity index (χ1v) is 11.0. The Balaban J connectivity index is 1.93. The number of fused-ring (bicyclic) bond motifs is 1. The zero-order valence-corrected chi connectivity index (χ0v) is 17.4. The quantitative estimate of drug-likeness (QED) is 0.563. The number of carbonyl (C=O) groups excluding carboxylic acids is 1. The number of ether oxygens (including phenoxy) is 1. The molecule has 2 aliphatic rings. The fraction of sp³-hybridized carbons (Fsp3) is 0.381. The smallest absolute Gasteiger partial charge is 0.400 e. The second-order valence-electron chi connectivity index (χ2n) is 8.03. The van der Waals surface area contributed by atoms with E-state index < -0.39 is 27.8 Å². The van der Waals surface area contributed by atoms with Gasteiger partial charge in [0.05, 0.1) is 0 Å². The van der Waals surface area contributed by atoms with Gasteiger partial charge in [0.1, 0.15) is 11.8 Å². The van der Waals surface area contributed by atoms with Crippen molar-refractivity contribution in [3.63, 3.8) is 0 Å². The fourth-order valence-electron chi connectivity index (χ4n) is 4.18. The number of rotatable bonds is 4. The van der Waals surface area contributed by atoms with Crippen LogP contribution in [-0.4, -0.2) is 46.8 Å². The van der Waals surface area contributed by atoms with E-state index in [0.29, 0.717) is 24.3 Å². The van der Waals surface area contributed by atoms with E-state index in [0.717, 1.165) is 11.1 Å². The van der Waals surface area contributed by atoms with Crippen molar-refractivity contribution in [3.05, 3.63) is 54.1 Å². The van der Waals surface area contributed by atoms with Crippen LogP contribution in [0.25, 0.3) is 11.1 Å². The Morgan fingerprint density at radius 1 is 1.13 bits per heavy atom. The van der Waals surface area contributed by atoms with Crippen LogP contribution < -0.4 is 4.74 Å². The molecule has 1 amide bonds. The van der Waals surface area contributed by atoms with Crippen molar-refractivity contribution in [1.29, 1.82) is 0 Å². The molecule has 160 valence electrons. The van der Waals surface area contributed by atoms with Gasteiger partial charge in [-0.05, 0) is 43.5 Å². The normalized spacial score (nSPS) is 25.7. The van der Waals surface area contributed by atoms with Crippen LogP contribution in [0.2, 0.25) is 0 Å². The average Bonchev–Trinajstić information content (AvgIpc) is 3.07. The molecule has 2 aromatic rings. The predicted molar refractivity (Wildman–Crippen MR) is 108 cm³/mol. The molecule has 0 saturated carbocycles. The largest absolute Gasteiger partial charge is 0.482 e. The molecule has 1 fully saturated rings. The minimum atomic E-state index is -5.07. The highest BCUT2D eigenvalue weighted by Gasteiger charge is 2.62.